The van der Waals surface area contributed by atoms with E-state index in [0.29, 0.717) is 28.0 Å². The number of benzene rings is 1. The lowest BCUT2D eigenvalue weighted by molar-refractivity contribution is -0.385. The van der Waals surface area contributed by atoms with Crippen LogP contribution in [0.4, 0.5) is 11.4 Å². The van der Waals surface area contributed by atoms with E-state index in [4.69, 9.17) is 4.42 Å². The van der Waals surface area contributed by atoms with Crippen LogP contribution in [-0.4, -0.2) is 31.3 Å². The maximum atomic E-state index is 12.1. The van der Waals surface area contributed by atoms with Gasteiger partial charge in [0, 0.05) is 24.4 Å². The van der Waals surface area contributed by atoms with Gasteiger partial charge in [0.2, 0.25) is 5.91 Å². The zero-order chi connectivity index (χ0) is 18.7. The number of aryl methyl sites for hydroxylation is 1. The Bertz CT molecular complexity index is 952. The van der Waals surface area contributed by atoms with Gasteiger partial charge in [-0.2, -0.15) is 0 Å². The molecule has 10 heteroatoms. The predicted molar refractivity (Wildman–Crippen MR) is 95.9 cm³/mol. The molecule has 0 unspecified atom stereocenters. The van der Waals surface area contributed by atoms with Crippen LogP contribution >= 0.6 is 11.8 Å². The SMILES string of the molecule is Cc1ccc(NC(=O)CSc2nnc(-c3ccco3)n2C)cc1[N+](=O)[O-]. The Morgan fingerprint density at radius 1 is 1.38 bits per heavy atom. The molecule has 1 N–H and O–H groups in total. The monoisotopic (exact) mass is 373 g/mol. The molecule has 0 aliphatic rings. The molecule has 2 aromatic heterocycles. The molecule has 0 spiro atoms. The lowest BCUT2D eigenvalue weighted by Gasteiger charge is -2.06. The molecule has 0 aliphatic carbocycles. The zero-order valence-electron chi connectivity index (χ0n) is 14.0. The quantitative estimate of drug-likeness (QED) is 0.401. The Labute approximate surface area is 152 Å². The summed E-state index contributed by atoms with van der Waals surface area (Å²) in [6, 6.07) is 8.09. The number of anilines is 1. The Morgan fingerprint density at radius 2 is 2.19 bits per heavy atom. The molecule has 0 saturated heterocycles. The lowest BCUT2D eigenvalue weighted by Crippen LogP contribution is -2.14. The summed E-state index contributed by atoms with van der Waals surface area (Å²) in [5.74, 6) is 0.942. The van der Waals surface area contributed by atoms with Crippen molar-refractivity contribution in [3.63, 3.8) is 0 Å². The number of rotatable bonds is 6. The van der Waals surface area contributed by atoms with E-state index in [-0.39, 0.29) is 17.3 Å². The standard InChI is InChI=1S/C16H15N5O4S/c1-10-5-6-11(8-12(10)21(23)24)17-14(22)9-26-16-19-18-15(20(16)2)13-4-3-7-25-13/h3-8H,9H2,1-2H3,(H,17,22). The number of aromatic nitrogens is 3. The second-order valence-electron chi connectivity index (χ2n) is 5.44. The molecule has 9 nitrogen and oxygen atoms in total. The van der Waals surface area contributed by atoms with Crippen molar-refractivity contribution in [3.05, 3.63) is 52.3 Å². The molecule has 0 fully saturated rings. The topological polar surface area (TPSA) is 116 Å². The number of amides is 1. The second kappa shape index (κ2) is 7.40. The summed E-state index contributed by atoms with van der Waals surface area (Å²) in [5.41, 5.74) is 0.876. The highest BCUT2D eigenvalue weighted by Crippen LogP contribution is 2.24. The first-order valence-corrected chi connectivity index (χ1v) is 8.55. The van der Waals surface area contributed by atoms with Gasteiger partial charge >= 0.3 is 0 Å². The number of nitrogens with zero attached hydrogens (tertiary/aromatic N) is 4. The third-order valence-electron chi connectivity index (χ3n) is 3.60. The Kier molecular flexibility index (Phi) is 5.03. The summed E-state index contributed by atoms with van der Waals surface area (Å²) in [4.78, 5) is 22.6. The molecule has 3 rings (SSSR count). The maximum absolute atomic E-state index is 12.1. The smallest absolute Gasteiger partial charge is 0.274 e. The van der Waals surface area contributed by atoms with Crippen LogP contribution in [0.2, 0.25) is 0 Å². The van der Waals surface area contributed by atoms with Gasteiger partial charge in [0.25, 0.3) is 5.69 Å². The van der Waals surface area contributed by atoms with E-state index in [1.54, 1.807) is 49.1 Å². The predicted octanol–water partition coefficient (Wildman–Crippen LogP) is 3.02. The number of hydrogen-bond donors (Lipinski definition) is 1. The van der Waals surface area contributed by atoms with Crippen LogP contribution in [0, 0.1) is 17.0 Å². The van der Waals surface area contributed by atoms with Crippen molar-refractivity contribution < 1.29 is 14.1 Å². The molecule has 3 aromatic rings. The first kappa shape index (κ1) is 17.7. The van der Waals surface area contributed by atoms with E-state index < -0.39 is 4.92 Å². The second-order valence-corrected chi connectivity index (χ2v) is 6.38. The van der Waals surface area contributed by atoms with Gasteiger partial charge in [0.15, 0.2) is 16.7 Å². The molecule has 26 heavy (non-hydrogen) atoms. The molecular weight excluding hydrogens is 358 g/mol. The first-order valence-electron chi connectivity index (χ1n) is 7.56. The summed E-state index contributed by atoms with van der Waals surface area (Å²) in [6.45, 7) is 1.64. The van der Waals surface area contributed by atoms with Crippen molar-refractivity contribution in [3.8, 4) is 11.6 Å². The number of carbonyl (C=O) groups is 1. The minimum absolute atomic E-state index is 0.0353. The summed E-state index contributed by atoms with van der Waals surface area (Å²) < 4.78 is 7.02. The molecule has 2 heterocycles. The van der Waals surface area contributed by atoms with Crippen LogP contribution in [0.15, 0.2) is 46.2 Å². The van der Waals surface area contributed by atoms with Crippen molar-refractivity contribution in [2.45, 2.75) is 12.1 Å². The van der Waals surface area contributed by atoms with Gasteiger partial charge in [-0.1, -0.05) is 17.8 Å². The molecule has 1 aromatic carbocycles. The largest absolute Gasteiger partial charge is 0.461 e. The number of nitro groups is 1. The number of carbonyl (C=O) groups excluding carboxylic acids is 1. The molecule has 0 bridgehead atoms. The Balaban J connectivity index is 1.63. The fourth-order valence-electron chi connectivity index (χ4n) is 2.27. The highest BCUT2D eigenvalue weighted by Gasteiger charge is 2.16. The van der Waals surface area contributed by atoms with Gasteiger partial charge in [0.1, 0.15) is 0 Å². The van der Waals surface area contributed by atoms with E-state index in [1.165, 1.54) is 17.8 Å². The highest BCUT2D eigenvalue weighted by atomic mass is 32.2. The van der Waals surface area contributed by atoms with Gasteiger partial charge in [-0.05, 0) is 25.1 Å². The molecule has 0 radical (unpaired) electrons. The number of thioether (sulfide) groups is 1. The van der Waals surface area contributed by atoms with Crippen LogP contribution in [0.25, 0.3) is 11.6 Å². The molecule has 0 aliphatic heterocycles. The van der Waals surface area contributed by atoms with Gasteiger partial charge in [-0.25, -0.2) is 0 Å². The van der Waals surface area contributed by atoms with Crippen molar-refractivity contribution >= 4 is 29.0 Å². The van der Waals surface area contributed by atoms with E-state index in [9.17, 15) is 14.9 Å². The van der Waals surface area contributed by atoms with Crippen molar-refractivity contribution in [2.24, 2.45) is 7.05 Å². The van der Waals surface area contributed by atoms with Crippen molar-refractivity contribution in [2.75, 3.05) is 11.1 Å². The van der Waals surface area contributed by atoms with Crippen LogP contribution in [0.1, 0.15) is 5.56 Å². The molecule has 134 valence electrons. The van der Waals surface area contributed by atoms with Crippen LogP contribution in [0.3, 0.4) is 0 Å². The van der Waals surface area contributed by atoms with E-state index >= 15 is 0 Å². The highest BCUT2D eigenvalue weighted by molar-refractivity contribution is 7.99. The summed E-state index contributed by atoms with van der Waals surface area (Å²) in [7, 11) is 1.78. The van der Waals surface area contributed by atoms with Gasteiger partial charge < -0.3 is 14.3 Å². The minimum atomic E-state index is -0.477. The minimum Gasteiger partial charge on any atom is -0.461 e. The van der Waals surface area contributed by atoms with Gasteiger partial charge in [0.05, 0.1) is 16.9 Å². The fourth-order valence-corrected chi connectivity index (χ4v) is 2.98. The van der Waals surface area contributed by atoms with Crippen LogP contribution < -0.4 is 5.32 Å². The van der Waals surface area contributed by atoms with Crippen molar-refractivity contribution in [1.29, 1.82) is 0 Å². The van der Waals surface area contributed by atoms with Crippen LogP contribution in [-0.2, 0) is 11.8 Å². The molecule has 0 atom stereocenters. The van der Waals surface area contributed by atoms with Gasteiger partial charge in [-0.15, -0.1) is 10.2 Å². The first-order chi connectivity index (χ1) is 12.5. The van der Waals surface area contributed by atoms with Crippen LogP contribution in [0.5, 0.6) is 0 Å². The summed E-state index contributed by atoms with van der Waals surface area (Å²) in [5, 5.41) is 22.3. The Morgan fingerprint density at radius 3 is 2.88 bits per heavy atom. The molecule has 0 saturated carbocycles. The van der Waals surface area contributed by atoms with E-state index in [0.717, 1.165) is 0 Å². The number of nitrogens with one attached hydrogen (secondary N) is 1. The number of furan rings is 1. The molecule has 1 amide bonds. The number of nitro benzene ring substituents is 1. The third kappa shape index (κ3) is 3.75. The fraction of sp³-hybridized carbons (Fsp3) is 0.188. The number of hydrogen-bond acceptors (Lipinski definition) is 7. The summed E-state index contributed by atoms with van der Waals surface area (Å²) in [6.07, 6.45) is 1.55. The molecular formula is C16H15N5O4S. The van der Waals surface area contributed by atoms with Gasteiger partial charge in [-0.3, -0.25) is 14.9 Å². The average molecular weight is 373 g/mol. The normalized spacial score (nSPS) is 10.7. The van der Waals surface area contributed by atoms with E-state index in [2.05, 4.69) is 15.5 Å². The maximum Gasteiger partial charge on any atom is 0.274 e. The van der Waals surface area contributed by atoms with E-state index in [1.807, 2.05) is 0 Å². The van der Waals surface area contributed by atoms with Crippen molar-refractivity contribution in [1.82, 2.24) is 14.8 Å². The third-order valence-corrected chi connectivity index (χ3v) is 4.62. The lowest BCUT2D eigenvalue weighted by atomic mass is 10.2. The Hall–Kier alpha value is -3.14. The summed E-state index contributed by atoms with van der Waals surface area (Å²) >= 11 is 1.21. The average Bonchev–Trinajstić information content (AvgIpc) is 3.24. The zero-order valence-corrected chi connectivity index (χ0v) is 14.8.